The van der Waals surface area contributed by atoms with Gasteiger partial charge in [0, 0.05) is 24.5 Å². The number of benzene rings is 10. The van der Waals surface area contributed by atoms with Gasteiger partial charge in [-0.3, -0.25) is 23.5 Å². The highest BCUT2D eigenvalue weighted by atomic mass is 32.1. The maximum Gasteiger partial charge on any atom is 0.119 e. The summed E-state index contributed by atoms with van der Waals surface area (Å²) in [5.74, 6) is 4.35. The molecule has 10 aromatic rings. The monoisotopic (exact) mass is 1670 g/mol. The van der Waals surface area contributed by atoms with Crippen LogP contribution < -0.4 is 23.7 Å². The zero-order valence-corrected chi connectivity index (χ0v) is 73.0. The summed E-state index contributed by atoms with van der Waals surface area (Å²) < 4.78 is 28.8. The molecule has 0 bridgehead atoms. The van der Waals surface area contributed by atoms with Crippen molar-refractivity contribution in [1.82, 2.24) is 0 Å². The Balaban J connectivity index is 0.000000711. The predicted octanol–water partition coefficient (Wildman–Crippen LogP) is 32.4. The van der Waals surface area contributed by atoms with Crippen LogP contribution in [0.1, 0.15) is 251 Å². The highest BCUT2D eigenvalue weighted by Gasteiger charge is 2.06. The predicted molar refractivity (Wildman–Crippen MR) is 490 cm³/mol. The van der Waals surface area contributed by atoms with Gasteiger partial charge in [0.05, 0.1) is 0 Å². The van der Waals surface area contributed by atoms with Crippen molar-refractivity contribution in [3.05, 3.63) is 298 Å². The molecular weight excluding hydrogens is 1540 g/mol. The van der Waals surface area contributed by atoms with E-state index in [1.54, 1.807) is 0 Å². The summed E-state index contributed by atoms with van der Waals surface area (Å²) in [6.07, 6.45) is 39.3. The fraction of sp³-hybridized carbons (Fsp3) is 0.400. The minimum absolute atomic E-state index is 0. The molecule has 0 aliphatic carbocycles. The first kappa shape index (κ1) is 105. The number of ether oxygens (including phenoxy) is 5. The van der Waals surface area contributed by atoms with Crippen molar-refractivity contribution in [2.75, 3.05) is 0 Å². The second-order valence-corrected chi connectivity index (χ2v) is 31.1. The van der Waals surface area contributed by atoms with Gasteiger partial charge in [-0.2, -0.15) is 0 Å². The van der Waals surface area contributed by atoms with Gasteiger partial charge in [-0.05, 0) is 241 Å². The van der Waals surface area contributed by atoms with Gasteiger partial charge in [-0.25, -0.2) is 0 Å². The average molecular weight is 1670 g/mol. The second kappa shape index (κ2) is 67.0. The van der Waals surface area contributed by atoms with Gasteiger partial charge in [0.15, 0.2) is 0 Å². The second-order valence-electron chi connectivity index (χ2n) is 28.7. The molecule has 0 saturated heterocycles. The molecule has 5 nitrogen and oxygen atoms in total. The zero-order valence-electron chi connectivity index (χ0n) is 69.0. The molecule has 5 radical (unpaired) electrons. The largest absolute Gasteiger partial charge is 0.489 e. The highest BCUT2D eigenvalue weighted by molar-refractivity contribution is 7.81. The molecule has 0 fully saturated rings. The van der Waals surface area contributed by atoms with Crippen LogP contribution in [0.15, 0.2) is 267 Å². The number of unbranched alkanes of at least 4 members (excludes halogenated alkanes) is 20. The van der Waals surface area contributed by atoms with E-state index in [2.05, 4.69) is 156 Å². The van der Waals surface area contributed by atoms with Crippen molar-refractivity contribution < 1.29 is 47.2 Å². The topological polar surface area (TPSA) is 46.2 Å². The number of hydrogen-bond donors (Lipinski definition) is 0. The van der Waals surface area contributed by atoms with Gasteiger partial charge in [-0.1, -0.05) is 348 Å². The number of aryl methyl sites for hydroxylation is 5. The lowest BCUT2D eigenvalue weighted by molar-refractivity contribution is 0.306. The summed E-state index contributed by atoms with van der Waals surface area (Å²) in [6, 6.07) is 82.2. The lowest BCUT2D eigenvalue weighted by atomic mass is 10.0. The van der Waals surface area contributed by atoms with Crippen molar-refractivity contribution in [1.29, 1.82) is 0 Å². The van der Waals surface area contributed by atoms with Gasteiger partial charge < -0.3 is 23.7 Å². The Labute approximate surface area is 717 Å². The maximum atomic E-state index is 5.77. The van der Waals surface area contributed by atoms with Gasteiger partial charge in [0.1, 0.15) is 61.8 Å². The third kappa shape index (κ3) is 49.6. The molecule has 10 rings (SSSR count). The molecule has 0 aliphatic rings. The van der Waals surface area contributed by atoms with E-state index in [4.69, 9.17) is 86.8 Å². The Hall–Kier alpha value is -8.05. The molecule has 0 amide bonds. The van der Waals surface area contributed by atoms with E-state index in [0.717, 1.165) is 53.2 Å². The molecule has 15 heteroatoms. The lowest BCUT2D eigenvalue weighted by Crippen LogP contribution is -1.95. The SMILES string of the molecule is CCCCCCCc1ccc(COc2ccc([S])cc2)cc1.CCCCCCCc1ccc(COc2ccc([S])cc2)cc1.CCCCCCCc1ccc(COc2ccc([S])cc2)cc1.CCCCCCCc1ccc(COc2ccc([S])cc2)cc1.CCCCCCCc1ccc(COc2ccc([S])cc2)cc1.F.F.F.F.F. The minimum atomic E-state index is 0. The number of rotatable bonds is 45. The Morgan fingerprint density at radius 2 is 0.278 bits per heavy atom. The van der Waals surface area contributed by atoms with Gasteiger partial charge >= 0.3 is 0 Å². The molecule has 0 N–H and O–H groups in total. The lowest BCUT2D eigenvalue weighted by Gasteiger charge is -2.07. The number of hydrogen-bond acceptors (Lipinski definition) is 5. The summed E-state index contributed by atoms with van der Waals surface area (Å²) in [7, 11) is 0. The Morgan fingerprint density at radius 3 is 0.409 bits per heavy atom. The maximum absolute atomic E-state index is 5.77. The summed E-state index contributed by atoms with van der Waals surface area (Å²) >= 11 is 25.3. The first-order valence-corrected chi connectivity index (χ1v) is 43.3. The van der Waals surface area contributed by atoms with Crippen LogP contribution in [0.5, 0.6) is 28.7 Å². The van der Waals surface area contributed by atoms with Crippen molar-refractivity contribution in [2.24, 2.45) is 0 Å². The Morgan fingerprint density at radius 1 is 0.157 bits per heavy atom. The highest BCUT2D eigenvalue weighted by Crippen LogP contribution is 2.24. The molecule has 625 valence electrons. The van der Waals surface area contributed by atoms with E-state index < -0.39 is 0 Å². The van der Waals surface area contributed by atoms with Crippen molar-refractivity contribution in [3.8, 4) is 28.7 Å². The molecule has 0 saturated carbocycles. The molecule has 0 aliphatic heterocycles. The van der Waals surface area contributed by atoms with Crippen LogP contribution in [0, 0.1) is 0 Å². The fourth-order valence-electron chi connectivity index (χ4n) is 12.2. The van der Waals surface area contributed by atoms with E-state index >= 15 is 0 Å². The van der Waals surface area contributed by atoms with Crippen molar-refractivity contribution in [3.63, 3.8) is 0 Å². The molecule has 10 aromatic carbocycles. The van der Waals surface area contributed by atoms with E-state index in [1.807, 2.05) is 121 Å². The van der Waals surface area contributed by atoms with E-state index in [1.165, 1.54) is 248 Å². The fourth-order valence-corrected chi connectivity index (χ4v) is 12.9. The molecule has 115 heavy (non-hydrogen) atoms. The quantitative estimate of drug-likeness (QED) is 0.0281. The molecule has 0 unspecified atom stereocenters. The number of halogens is 5. The summed E-state index contributed by atoms with van der Waals surface area (Å²) in [5, 5.41) is 0. The third-order valence-electron chi connectivity index (χ3n) is 19.1. The summed E-state index contributed by atoms with van der Waals surface area (Å²) in [6.45, 7) is 14.3. The van der Waals surface area contributed by atoms with Gasteiger partial charge in [0.25, 0.3) is 0 Å². The van der Waals surface area contributed by atoms with Gasteiger partial charge in [0.2, 0.25) is 0 Å². The van der Waals surface area contributed by atoms with Crippen LogP contribution in [0.3, 0.4) is 0 Å². The molecule has 0 aromatic heterocycles. The Kier molecular flexibility index (Phi) is 61.2. The zero-order chi connectivity index (χ0) is 78.1. The summed E-state index contributed by atoms with van der Waals surface area (Å²) in [4.78, 5) is 4.22. The third-order valence-corrected chi connectivity index (χ3v) is 20.5. The van der Waals surface area contributed by atoms with E-state index in [-0.39, 0.29) is 23.5 Å². The smallest absolute Gasteiger partial charge is 0.119 e. The first-order valence-electron chi connectivity index (χ1n) is 41.3. The molecule has 0 heterocycles. The molecular formula is C100H130F5O5S5. The van der Waals surface area contributed by atoms with Crippen LogP contribution >= 0.6 is 63.1 Å². The van der Waals surface area contributed by atoms with Crippen LogP contribution in [0.25, 0.3) is 0 Å². The first-order chi connectivity index (χ1) is 53.9. The summed E-state index contributed by atoms with van der Waals surface area (Å²) in [5.41, 5.74) is 13.2. The van der Waals surface area contributed by atoms with Crippen LogP contribution in [0.4, 0.5) is 23.5 Å². The van der Waals surface area contributed by atoms with Crippen LogP contribution in [-0.2, 0) is 65.1 Å². The van der Waals surface area contributed by atoms with Crippen LogP contribution in [0.2, 0.25) is 0 Å². The van der Waals surface area contributed by atoms with Crippen molar-refractivity contribution in [2.45, 2.75) is 285 Å². The molecule has 0 atom stereocenters. The normalized spacial score (nSPS) is 10.1. The average Bonchev–Trinajstić information content (AvgIpc) is 0.912. The van der Waals surface area contributed by atoms with Crippen LogP contribution in [-0.4, -0.2) is 0 Å². The van der Waals surface area contributed by atoms with E-state index in [0.29, 0.717) is 33.0 Å². The molecule has 0 spiro atoms. The Bertz CT molecular complexity index is 3280. The van der Waals surface area contributed by atoms with Gasteiger partial charge in [-0.15, -0.1) is 0 Å². The minimum Gasteiger partial charge on any atom is -0.489 e. The van der Waals surface area contributed by atoms with Crippen molar-refractivity contribution >= 4 is 63.1 Å². The van der Waals surface area contributed by atoms with E-state index in [9.17, 15) is 0 Å². The standard InChI is InChI=1S/5C20H25OS.5FH/c5*1-2-3-4-5-6-7-17-8-10-18(11-9-17)16-21-19-12-14-20(22)15-13-19;;;;;/h5*8-15H,2-7,16H2,1H3;5*1H.